The molecule has 3 heterocycles. The predicted molar refractivity (Wildman–Crippen MR) is 131 cm³/mol. The van der Waals surface area contributed by atoms with Crippen molar-refractivity contribution in [2.24, 2.45) is 0 Å². The SMILES string of the molecule is COc1ccc(-c2cc3ncn(CC(O)Cn4cnc5cc(C)c(C)cc54)c(=O)c3s2)cc1. The molecule has 0 saturated carbocycles. The third-order valence-electron chi connectivity index (χ3n) is 5.93. The molecule has 0 aliphatic heterocycles. The number of fused-ring (bicyclic) bond motifs is 2. The molecule has 0 spiro atoms. The van der Waals surface area contributed by atoms with E-state index in [4.69, 9.17) is 4.74 Å². The van der Waals surface area contributed by atoms with Gasteiger partial charge >= 0.3 is 0 Å². The molecule has 1 atom stereocenters. The lowest BCUT2D eigenvalue weighted by atomic mass is 10.1. The molecule has 0 radical (unpaired) electrons. The van der Waals surface area contributed by atoms with Crippen LogP contribution in [0.25, 0.3) is 31.7 Å². The predicted octanol–water partition coefficient (Wildman–Crippen LogP) is 4.16. The van der Waals surface area contributed by atoms with E-state index in [2.05, 4.69) is 29.9 Å². The van der Waals surface area contributed by atoms with E-state index in [9.17, 15) is 9.90 Å². The van der Waals surface area contributed by atoms with Crippen LogP contribution >= 0.6 is 11.3 Å². The maximum Gasteiger partial charge on any atom is 0.271 e. The Balaban J connectivity index is 1.39. The number of hydrogen-bond acceptors (Lipinski definition) is 6. The van der Waals surface area contributed by atoms with Gasteiger partial charge in [-0.05, 0) is 73.0 Å². The molecule has 3 aromatic heterocycles. The lowest BCUT2D eigenvalue weighted by molar-refractivity contribution is 0.134. The molecule has 0 amide bonds. The van der Waals surface area contributed by atoms with Gasteiger partial charge in [0.1, 0.15) is 10.4 Å². The van der Waals surface area contributed by atoms with E-state index in [0.29, 0.717) is 16.8 Å². The Morgan fingerprint density at radius 2 is 1.64 bits per heavy atom. The highest BCUT2D eigenvalue weighted by Crippen LogP contribution is 2.31. The van der Waals surface area contributed by atoms with Crippen molar-refractivity contribution in [3.63, 3.8) is 0 Å². The maximum absolute atomic E-state index is 13.1. The van der Waals surface area contributed by atoms with Crippen LogP contribution in [0.4, 0.5) is 0 Å². The second-order valence-corrected chi connectivity index (χ2v) is 9.28. The number of methoxy groups -OCH3 is 1. The van der Waals surface area contributed by atoms with E-state index in [1.807, 2.05) is 41.0 Å². The van der Waals surface area contributed by atoms with Crippen LogP contribution in [-0.2, 0) is 13.1 Å². The Labute approximate surface area is 194 Å². The first-order chi connectivity index (χ1) is 15.9. The molecule has 0 aliphatic carbocycles. The van der Waals surface area contributed by atoms with Crippen molar-refractivity contribution in [2.75, 3.05) is 7.11 Å². The Hall–Kier alpha value is -3.49. The number of rotatable bonds is 6. The third kappa shape index (κ3) is 4.03. The maximum atomic E-state index is 13.1. The van der Waals surface area contributed by atoms with E-state index in [1.165, 1.54) is 33.4 Å². The number of aliphatic hydroxyl groups excluding tert-OH is 1. The number of hydrogen-bond donors (Lipinski definition) is 1. The van der Waals surface area contributed by atoms with Gasteiger partial charge in [0.15, 0.2) is 0 Å². The van der Waals surface area contributed by atoms with E-state index < -0.39 is 6.10 Å². The highest BCUT2D eigenvalue weighted by molar-refractivity contribution is 7.22. The smallest absolute Gasteiger partial charge is 0.271 e. The first kappa shape index (κ1) is 21.4. The monoisotopic (exact) mass is 460 g/mol. The molecule has 1 unspecified atom stereocenters. The van der Waals surface area contributed by atoms with Crippen LogP contribution in [0.2, 0.25) is 0 Å². The summed E-state index contributed by atoms with van der Waals surface area (Å²) in [5, 5.41) is 10.7. The Kier molecular flexibility index (Phi) is 5.47. The molecule has 33 heavy (non-hydrogen) atoms. The summed E-state index contributed by atoms with van der Waals surface area (Å²) in [7, 11) is 1.63. The van der Waals surface area contributed by atoms with Crippen molar-refractivity contribution in [3.05, 3.63) is 76.6 Å². The van der Waals surface area contributed by atoms with Gasteiger partial charge in [-0.1, -0.05) is 0 Å². The van der Waals surface area contributed by atoms with Crippen molar-refractivity contribution < 1.29 is 9.84 Å². The number of nitrogens with zero attached hydrogens (tertiary/aromatic N) is 4. The van der Waals surface area contributed by atoms with Gasteiger partial charge in [0.05, 0.1) is 55.5 Å². The second-order valence-electron chi connectivity index (χ2n) is 8.23. The van der Waals surface area contributed by atoms with Gasteiger partial charge in [-0.3, -0.25) is 9.36 Å². The number of thiophene rings is 1. The van der Waals surface area contributed by atoms with Crippen LogP contribution in [-0.4, -0.2) is 37.4 Å². The minimum absolute atomic E-state index is 0.147. The number of ether oxygens (including phenoxy) is 1. The largest absolute Gasteiger partial charge is 0.497 e. The molecule has 0 saturated heterocycles. The van der Waals surface area contributed by atoms with Gasteiger partial charge in [0.2, 0.25) is 0 Å². The van der Waals surface area contributed by atoms with Gasteiger partial charge in [-0.15, -0.1) is 11.3 Å². The van der Waals surface area contributed by atoms with Crippen LogP contribution < -0.4 is 10.3 Å². The molecule has 0 bridgehead atoms. The highest BCUT2D eigenvalue weighted by Gasteiger charge is 2.15. The third-order valence-corrected chi connectivity index (χ3v) is 7.09. The molecule has 8 heteroatoms. The summed E-state index contributed by atoms with van der Waals surface area (Å²) in [6.45, 7) is 4.61. The molecular formula is C25H24N4O3S. The summed E-state index contributed by atoms with van der Waals surface area (Å²) in [5.41, 5.74) is 5.75. The average molecular weight is 461 g/mol. The van der Waals surface area contributed by atoms with E-state index in [-0.39, 0.29) is 12.1 Å². The minimum atomic E-state index is -0.762. The average Bonchev–Trinajstić information content (AvgIpc) is 3.41. The molecule has 2 aromatic carbocycles. The quantitative estimate of drug-likeness (QED) is 0.411. The standard InChI is InChI=1S/C25H24N4O3S/c1-15-8-20-22(9-16(15)2)28(13-26-20)11-18(30)12-29-14-27-21-10-23(33-24(21)25(29)31)17-4-6-19(32-3)7-5-17/h4-10,13-14,18,30H,11-12H2,1-3H3. The summed E-state index contributed by atoms with van der Waals surface area (Å²) in [6, 6.07) is 13.8. The minimum Gasteiger partial charge on any atom is -0.497 e. The molecule has 0 fully saturated rings. The fourth-order valence-electron chi connectivity index (χ4n) is 3.94. The lowest BCUT2D eigenvalue weighted by Gasteiger charge is -2.14. The second kappa shape index (κ2) is 8.46. The van der Waals surface area contributed by atoms with Crippen LogP contribution in [0.15, 0.2) is 59.9 Å². The zero-order valence-corrected chi connectivity index (χ0v) is 19.5. The molecule has 7 nitrogen and oxygen atoms in total. The van der Waals surface area contributed by atoms with Crippen LogP contribution in [0, 0.1) is 13.8 Å². The summed E-state index contributed by atoms with van der Waals surface area (Å²) >= 11 is 1.41. The van der Waals surface area contributed by atoms with Gasteiger partial charge < -0.3 is 14.4 Å². The fourth-order valence-corrected chi connectivity index (χ4v) is 5.01. The van der Waals surface area contributed by atoms with Crippen molar-refractivity contribution >= 4 is 32.6 Å². The first-order valence-corrected chi connectivity index (χ1v) is 11.5. The van der Waals surface area contributed by atoms with Gasteiger partial charge in [0, 0.05) is 4.88 Å². The summed E-state index contributed by atoms with van der Waals surface area (Å²) in [4.78, 5) is 23.0. The number of aromatic nitrogens is 4. The van der Waals surface area contributed by atoms with Crippen LogP contribution in [0.5, 0.6) is 5.75 Å². The van der Waals surface area contributed by atoms with Gasteiger partial charge in [-0.2, -0.15) is 0 Å². The molecule has 0 aliphatic rings. The Morgan fingerprint density at radius 1 is 0.970 bits per heavy atom. The normalized spacial score (nSPS) is 12.5. The van der Waals surface area contributed by atoms with Crippen molar-refractivity contribution in [3.8, 4) is 16.2 Å². The lowest BCUT2D eigenvalue weighted by Crippen LogP contribution is -2.29. The summed E-state index contributed by atoms with van der Waals surface area (Å²) < 4.78 is 9.20. The molecule has 1 N–H and O–H groups in total. The zero-order valence-electron chi connectivity index (χ0n) is 18.6. The van der Waals surface area contributed by atoms with Crippen molar-refractivity contribution in [1.82, 2.24) is 19.1 Å². The van der Waals surface area contributed by atoms with Crippen molar-refractivity contribution in [1.29, 1.82) is 0 Å². The van der Waals surface area contributed by atoms with Crippen LogP contribution in [0.1, 0.15) is 11.1 Å². The molecule has 168 valence electrons. The van der Waals surface area contributed by atoms with E-state index in [1.54, 1.807) is 13.4 Å². The number of imidazole rings is 1. The zero-order chi connectivity index (χ0) is 23.1. The van der Waals surface area contributed by atoms with Crippen LogP contribution in [0.3, 0.4) is 0 Å². The Morgan fingerprint density at radius 3 is 2.39 bits per heavy atom. The molecule has 5 aromatic rings. The highest BCUT2D eigenvalue weighted by atomic mass is 32.1. The number of aryl methyl sites for hydroxylation is 2. The van der Waals surface area contributed by atoms with E-state index >= 15 is 0 Å². The fraction of sp³-hybridized carbons (Fsp3) is 0.240. The number of benzene rings is 2. The van der Waals surface area contributed by atoms with Gasteiger partial charge in [0.25, 0.3) is 5.56 Å². The summed E-state index contributed by atoms with van der Waals surface area (Å²) in [5.74, 6) is 0.783. The molecule has 5 rings (SSSR count). The topological polar surface area (TPSA) is 82.2 Å². The number of aliphatic hydroxyl groups is 1. The van der Waals surface area contributed by atoms with Crippen molar-refractivity contribution in [2.45, 2.75) is 33.0 Å². The first-order valence-electron chi connectivity index (χ1n) is 10.7. The van der Waals surface area contributed by atoms with Gasteiger partial charge in [-0.25, -0.2) is 9.97 Å². The van der Waals surface area contributed by atoms with E-state index in [0.717, 1.165) is 27.2 Å². The molecular weight excluding hydrogens is 436 g/mol. The summed E-state index contributed by atoms with van der Waals surface area (Å²) in [6.07, 6.45) is 2.48. The Bertz CT molecular complexity index is 1520.